The predicted molar refractivity (Wildman–Crippen MR) is 43.4 cm³/mol. The molecule has 1 aliphatic rings. The Kier molecular flexibility index (Phi) is 1.75. The van der Waals surface area contributed by atoms with Gasteiger partial charge < -0.3 is 0 Å². The van der Waals surface area contributed by atoms with E-state index in [1.165, 1.54) is 0 Å². The van der Waals surface area contributed by atoms with Gasteiger partial charge in [0.1, 0.15) is 0 Å². The zero-order valence-electron chi connectivity index (χ0n) is 6.75. The number of nitriles is 1. The van der Waals surface area contributed by atoms with Crippen LogP contribution in [0.4, 0.5) is 0 Å². The van der Waals surface area contributed by atoms with Gasteiger partial charge in [-0.1, -0.05) is 0 Å². The summed E-state index contributed by atoms with van der Waals surface area (Å²) in [6.45, 7) is 0. The quantitative estimate of drug-likeness (QED) is 0.615. The third-order valence-corrected chi connectivity index (χ3v) is 2.07. The molecule has 0 N–H and O–H groups in total. The first kappa shape index (κ1) is 7.23. The van der Waals surface area contributed by atoms with Gasteiger partial charge >= 0.3 is 0 Å². The maximum absolute atomic E-state index is 8.45. The molecule has 3 heteroatoms. The van der Waals surface area contributed by atoms with Crippen molar-refractivity contribution < 1.29 is 0 Å². The number of fused-ring (bicyclic) bond motifs is 1. The smallest absolute Gasteiger partial charge is 0.0790 e. The summed E-state index contributed by atoms with van der Waals surface area (Å²) in [7, 11) is 0. The van der Waals surface area contributed by atoms with Crippen LogP contribution in [0.5, 0.6) is 0 Å². The molecule has 0 aliphatic heterocycles. The topological polar surface area (TPSA) is 49.6 Å². The third-order valence-electron chi connectivity index (χ3n) is 2.07. The van der Waals surface area contributed by atoms with Crippen molar-refractivity contribution in [3.05, 3.63) is 23.3 Å². The summed E-state index contributed by atoms with van der Waals surface area (Å²) in [6.07, 6.45) is 5.33. The molecule has 60 valence electrons. The van der Waals surface area contributed by atoms with E-state index in [0.29, 0.717) is 6.42 Å². The number of hydrogen-bond acceptors (Lipinski definition) is 3. The Bertz CT molecular complexity index is 338. The van der Waals surface area contributed by atoms with Crippen LogP contribution in [0.2, 0.25) is 0 Å². The Morgan fingerprint density at radius 1 is 1.42 bits per heavy atom. The molecule has 3 nitrogen and oxygen atoms in total. The number of aromatic nitrogens is 2. The van der Waals surface area contributed by atoms with Crippen molar-refractivity contribution >= 4 is 0 Å². The minimum atomic E-state index is 0.375. The Morgan fingerprint density at radius 3 is 3.08 bits per heavy atom. The first-order valence-electron chi connectivity index (χ1n) is 4.11. The van der Waals surface area contributed by atoms with Crippen molar-refractivity contribution in [3.63, 3.8) is 0 Å². The van der Waals surface area contributed by atoms with E-state index in [1.54, 1.807) is 6.20 Å². The maximum atomic E-state index is 8.45. The normalized spacial score (nSPS) is 13.9. The first-order valence-corrected chi connectivity index (χ1v) is 4.11. The zero-order chi connectivity index (χ0) is 8.39. The highest BCUT2D eigenvalue weighted by atomic mass is 14.8. The Balaban J connectivity index is 2.34. The van der Waals surface area contributed by atoms with Crippen molar-refractivity contribution in [2.45, 2.75) is 25.7 Å². The fourth-order valence-electron chi connectivity index (χ4n) is 1.49. The standard InChI is InChI=1S/C9H9N3/c10-5-4-7-6-11-8-2-1-3-9(8)12-7/h6H,1-4H2. The van der Waals surface area contributed by atoms with Crippen LogP contribution in [0, 0.1) is 11.3 Å². The van der Waals surface area contributed by atoms with Crippen molar-refractivity contribution in [3.8, 4) is 6.07 Å². The fraction of sp³-hybridized carbons (Fsp3) is 0.444. The molecule has 2 rings (SSSR count). The van der Waals surface area contributed by atoms with E-state index in [1.807, 2.05) is 0 Å². The average molecular weight is 159 g/mol. The van der Waals surface area contributed by atoms with Crippen LogP contribution in [-0.4, -0.2) is 9.97 Å². The molecule has 0 aromatic carbocycles. The summed E-state index contributed by atoms with van der Waals surface area (Å²) in [6, 6.07) is 2.07. The van der Waals surface area contributed by atoms with E-state index >= 15 is 0 Å². The van der Waals surface area contributed by atoms with Gasteiger partial charge in [0, 0.05) is 6.20 Å². The Labute approximate surface area is 71.1 Å². The zero-order valence-corrected chi connectivity index (χ0v) is 6.75. The molecule has 0 radical (unpaired) electrons. The molecule has 0 fully saturated rings. The van der Waals surface area contributed by atoms with Gasteiger partial charge in [0.2, 0.25) is 0 Å². The molecule has 1 aromatic heterocycles. The molecule has 1 aliphatic carbocycles. The summed E-state index contributed by atoms with van der Waals surface area (Å²) in [4.78, 5) is 8.62. The van der Waals surface area contributed by atoms with Crippen LogP contribution in [0.1, 0.15) is 23.5 Å². The Hall–Kier alpha value is -1.43. The number of hydrogen-bond donors (Lipinski definition) is 0. The lowest BCUT2D eigenvalue weighted by molar-refractivity contribution is 0.892. The average Bonchev–Trinajstić information content (AvgIpc) is 2.51. The summed E-state index contributed by atoms with van der Waals surface area (Å²) in [5, 5.41) is 8.45. The second-order valence-corrected chi connectivity index (χ2v) is 2.94. The van der Waals surface area contributed by atoms with Gasteiger partial charge in [-0.25, -0.2) is 0 Å². The van der Waals surface area contributed by atoms with Crippen LogP contribution in [0.25, 0.3) is 0 Å². The monoisotopic (exact) mass is 159 g/mol. The highest BCUT2D eigenvalue weighted by molar-refractivity contribution is 5.19. The molecule has 0 bridgehead atoms. The molecule has 1 heterocycles. The maximum Gasteiger partial charge on any atom is 0.0790 e. The molecule has 12 heavy (non-hydrogen) atoms. The van der Waals surface area contributed by atoms with Gasteiger partial charge in [0.15, 0.2) is 0 Å². The van der Waals surface area contributed by atoms with Gasteiger partial charge in [-0.3, -0.25) is 9.97 Å². The van der Waals surface area contributed by atoms with E-state index in [2.05, 4.69) is 16.0 Å². The second-order valence-electron chi connectivity index (χ2n) is 2.94. The third kappa shape index (κ3) is 1.16. The van der Waals surface area contributed by atoms with E-state index < -0.39 is 0 Å². The lowest BCUT2D eigenvalue weighted by Gasteiger charge is -1.98. The fourth-order valence-corrected chi connectivity index (χ4v) is 1.49. The second kappa shape index (κ2) is 2.90. The van der Waals surface area contributed by atoms with Gasteiger partial charge in [0.25, 0.3) is 0 Å². The van der Waals surface area contributed by atoms with Gasteiger partial charge in [-0.15, -0.1) is 0 Å². The molecular weight excluding hydrogens is 150 g/mol. The molecule has 1 aromatic rings. The molecule has 0 saturated heterocycles. The molecule has 0 spiro atoms. The van der Waals surface area contributed by atoms with Crippen LogP contribution in [-0.2, 0) is 19.3 Å². The highest BCUT2D eigenvalue weighted by Gasteiger charge is 2.13. The van der Waals surface area contributed by atoms with Crippen LogP contribution in [0.3, 0.4) is 0 Å². The highest BCUT2D eigenvalue weighted by Crippen LogP contribution is 2.17. The largest absolute Gasteiger partial charge is 0.257 e. The van der Waals surface area contributed by atoms with Crippen molar-refractivity contribution in [1.29, 1.82) is 5.26 Å². The molecule has 0 atom stereocenters. The van der Waals surface area contributed by atoms with E-state index in [9.17, 15) is 0 Å². The number of aryl methyl sites for hydroxylation is 2. The van der Waals surface area contributed by atoms with E-state index in [4.69, 9.17) is 5.26 Å². The van der Waals surface area contributed by atoms with Crippen molar-refractivity contribution in [2.75, 3.05) is 0 Å². The summed E-state index contributed by atoms with van der Waals surface area (Å²) in [5.41, 5.74) is 3.03. The molecular formula is C9H9N3. The van der Waals surface area contributed by atoms with Crippen molar-refractivity contribution in [1.82, 2.24) is 9.97 Å². The van der Waals surface area contributed by atoms with E-state index in [-0.39, 0.29) is 0 Å². The first-order chi connectivity index (χ1) is 5.90. The lowest BCUT2D eigenvalue weighted by atomic mass is 10.3. The number of rotatable bonds is 1. The van der Waals surface area contributed by atoms with Gasteiger partial charge in [0.05, 0.1) is 29.6 Å². The van der Waals surface area contributed by atoms with Crippen LogP contribution >= 0.6 is 0 Å². The molecule has 0 amide bonds. The lowest BCUT2D eigenvalue weighted by Crippen LogP contribution is -1.97. The van der Waals surface area contributed by atoms with Crippen LogP contribution in [0.15, 0.2) is 6.20 Å². The number of nitrogens with zero attached hydrogens (tertiary/aromatic N) is 3. The minimum Gasteiger partial charge on any atom is -0.257 e. The SMILES string of the molecule is N#CCc1cnc2c(n1)CCC2. The predicted octanol–water partition coefficient (Wildman–Crippen LogP) is 1.03. The Morgan fingerprint density at radius 2 is 2.25 bits per heavy atom. The summed E-state index contributed by atoms with van der Waals surface area (Å²) >= 11 is 0. The van der Waals surface area contributed by atoms with E-state index in [0.717, 1.165) is 36.3 Å². The summed E-state index contributed by atoms with van der Waals surface area (Å²) < 4.78 is 0. The minimum absolute atomic E-state index is 0.375. The molecule has 0 unspecified atom stereocenters. The van der Waals surface area contributed by atoms with Gasteiger partial charge in [-0.05, 0) is 19.3 Å². The van der Waals surface area contributed by atoms with Crippen LogP contribution < -0.4 is 0 Å². The van der Waals surface area contributed by atoms with Crippen molar-refractivity contribution in [2.24, 2.45) is 0 Å². The molecule has 0 saturated carbocycles. The van der Waals surface area contributed by atoms with Gasteiger partial charge in [-0.2, -0.15) is 5.26 Å². The summed E-state index contributed by atoms with van der Waals surface area (Å²) in [5.74, 6) is 0.